The number of likely N-dealkylation sites (N-methyl/N-ethyl adjacent to an activating group) is 1. The quantitative estimate of drug-likeness (QED) is 0.350. The van der Waals surface area contributed by atoms with Crippen molar-refractivity contribution in [3.05, 3.63) is 80.3 Å². The van der Waals surface area contributed by atoms with Gasteiger partial charge in [-0.05, 0) is 67.4 Å². The van der Waals surface area contributed by atoms with Crippen molar-refractivity contribution in [3.63, 3.8) is 0 Å². The Morgan fingerprint density at radius 2 is 1.91 bits per heavy atom. The van der Waals surface area contributed by atoms with Crippen molar-refractivity contribution in [2.75, 3.05) is 11.9 Å². The summed E-state index contributed by atoms with van der Waals surface area (Å²) in [7, 11) is 2.06. The zero-order valence-electron chi connectivity index (χ0n) is 18.3. The molecular weight excluding hydrogens is 426 g/mol. The molecule has 2 aromatic rings. The number of rotatable bonds is 4. The van der Waals surface area contributed by atoms with Gasteiger partial charge >= 0.3 is 0 Å². The minimum absolute atomic E-state index is 0.00437. The average Bonchev–Trinajstić information content (AvgIpc) is 2.99. The second kappa shape index (κ2) is 7.94. The number of nitrogens with zero attached hydrogens (tertiary/aromatic N) is 3. The monoisotopic (exact) mass is 449 g/mol. The fourth-order valence-electron chi connectivity index (χ4n) is 4.01. The molecule has 164 valence electrons. The maximum atomic E-state index is 12.9. The number of thioether (sulfide) groups is 1. The fraction of sp³-hybridized carbons (Fsp3) is 0.250. The van der Waals surface area contributed by atoms with Crippen LogP contribution >= 0.6 is 11.8 Å². The summed E-state index contributed by atoms with van der Waals surface area (Å²) in [6.45, 7) is 6.38. The standard InChI is InChI=1S/C24H23N3O4S/c1-15-13-24(2,3)25(4)20-9-8-16(11-19(15)20)12-21-22(28)26(23(29)32-21)14-17-6-5-7-18(10-17)27(30)31/h5-13H,14H2,1-4H3/b21-12+. The number of benzene rings is 2. The molecule has 0 bridgehead atoms. The van der Waals surface area contributed by atoms with Crippen LogP contribution in [0.4, 0.5) is 16.2 Å². The van der Waals surface area contributed by atoms with Crippen LogP contribution in [0.5, 0.6) is 0 Å². The van der Waals surface area contributed by atoms with Crippen LogP contribution < -0.4 is 4.90 Å². The van der Waals surface area contributed by atoms with Gasteiger partial charge in [0.1, 0.15) is 0 Å². The van der Waals surface area contributed by atoms with Gasteiger partial charge in [0.2, 0.25) is 0 Å². The first-order valence-electron chi connectivity index (χ1n) is 10.1. The number of non-ortho nitro benzene ring substituents is 1. The Labute approximate surface area is 190 Å². The predicted octanol–water partition coefficient (Wildman–Crippen LogP) is 5.46. The van der Waals surface area contributed by atoms with Gasteiger partial charge in [0.25, 0.3) is 16.8 Å². The van der Waals surface area contributed by atoms with Crippen molar-refractivity contribution in [2.24, 2.45) is 0 Å². The molecule has 0 atom stereocenters. The Hall–Kier alpha value is -3.39. The summed E-state index contributed by atoms with van der Waals surface area (Å²) in [4.78, 5) is 39.6. The van der Waals surface area contributed by atoms with Crippen molar-refractivity contribution < 1.29 is 14.5 Å². The van der Waals surface area contributed by atoms with Gasteiger partial charge in [0.05, 0.1) is 21.9 Å². The number of carbonyl (C=O) groups is 2. The molecule has 2 aliphatic rings. The number of fused-ring (bicyclic) bond motifs is 1. The van der Waals surface area contributed by atoms with E-state index in [1.807, 2.05) is 18.2 Å². The van der Waals surface area contributed by atoms with Crippen molar-refractivity contribution >= 4 is 45.9 Å². The van der Waals surface area contributed by atoms with Gasteiger partial charge < -0.3 is 4.90 Å². The molecule has 2 aliphatic heterocycles. The van der Waals surface area contributed by atoms with Crippen LogP contribution in [0.15, 0.2) is 53.4 Å². The summed E-state index contributed by atoms with van der Waals surface area (Å²) < 4.78 is 0. The largest absolute Gasteiger partial charge is 0.366 e. The lowest BCUT2D eigenvalue weighted by molar-refractivity contribution is -0.384. The van der Waals surface area contributed by atoms with Gasteiger partial charge in [0, 0.05) is 30.4 Å². The van der Waals surface area contributed by atoms with Gasteiger partial charge in [-0.3, -0.25) is 24.6 Å². The minimum atomic E-state index is -0.498. The summed E-state index contributed by atoms with van der Waals surface area (Å²) in [5, 5.41) is 10.6. The van der Waals surface area contributed by atoms with Crippen molar-refractivity contribution in [1.82, 2.24) is 4.90 Å². The predicted molar refractivity (Wildman–Crippen MR) is 127 cm³/mol. The summed E-state index contributed by atoms with van der Waals surface area (Å²) in [6, 6.07) is 12.0. The van der Waals surface area contributed by atoms with Crippen molar-refractivity contribution in [1.29, 1.82) is 0 Å². The van der Waals surface area contributed by atoms with E-state index in [0.717, 1.165) is 39.0 Å². The fourth-order valence-corrected chi connectivity index (χ4v) is 4.84. The zero-order chi connectivity index (χ0) is 23.2. The highest BCUT2D eigenvalue weighted by molar-refractivity contribution is 8.18. The summed E-state index contributed by atoms with van der Waals surface area (Å²) in [5.41, 5.74) is 4.58. The SMILES string of the molecule is CC1=CC(C)(C)N(C)c2ccc(/C=C3/SC(=O)N(Cc4cccc([N+](=O)[O-])c4)C3=O)cc21. The number of hydrogen-bond donors (Lipinski definition) is 0. The van der Waals surface area contributed by atoms with Crippen LogP contribution in [0.3, 0.4) is 0 Å². The van der Waals surface area contributed by atoms with Crippen LogP contribution in [0.1, 0.15) is 37.5 Å². The molecule has 7 nitrogen and oxygen atoms in total. The number of carbonyl (C=O) groups excluding carboxylic acids is 2. The molecule has 32 heavy (non-hydrogen) atoms. The molecule has 4 rings (SSSR count). The lowest BCUT2D eigenvalue weighted by Gasteiger charge is -2.40. The Bertz CT molecular complexity index is 1220. The van der Waals surface area contributed by atoms with E-state index in [-0.39, 0.29) is 23.0 Å². The smallest absolute Gasteiger partial charge is 0.293 e. The van der Waals surface area contributed by atoms with E-state index in [4.69, 9.17) is 0 Å². The van der Waals surface area contributed by atoms with Crippen LogP contribution in [0.25, 0.3) is 11.6 Å². The third kappa shape index (κ3) is 3.93. The molecule has 0 unspecified atom stereocenters. The highest BCUT2D eigenvalue weighted by Crippen LogP contribution is 2.39. The van der Waals surface area contributed by atoms with E-state index in [2.05, 4.69) is 38.8 Å². The van der Waals surface area contributed by atoms with Gasteiger partial charge in [-0.15, -0.1) is 0 Å². The normalized spacial score (nSPS) is 18.8. The second-order valence-corrected chi connectivity index (χ2v) is 9.50. The van der Waals surface area contributed by atoms with Crippen LogP contribution in [-0.2, 0) is 11.3 Å². The molecule has 0 radical (unpaired) electrons. The van der Waals surface area contributed by atoms with Gasteiger partial charge in [-0.2, -0.15) is 0 Å². The molecule has 8 heteroatoms. The molecule has 0 saturated carbocycles. The highest BCUT2D eigenvalue weighted by Gasteiger charge is 2.35. The molecule has 1 fully saturated rings. The Balaban J connectivity index is 1.59. The average molecular weight is 450 g/mol. The first-order chi connectivity index (χ1) is 15.1. The number of nitro benzene ring substituents is 1. The van der Waals surface area contributed by atoms with E-state index < -0.39 is 10.8 Å². The second-order valence-electron chi connectivity index (χ2n) is 8.51. The maximum Gasteiger partial charge on any atom is 0.293 e. The third-order valence-electron chi connectivity index (χ3n) is 5.87. The molecule has 2 heterocycles. The molecule has 1 saturated heterocycles. The van der Waals surface area contributed by atoms with E-state index in [9.17, 15) is 19.7 Å². The summed E-state index contributed by atoms with van der Waals surface area (Å²) in [6.07, 6.45) is 3.94. The molecule has 0 N–H and O–H groups in total. The lowest BCUT2D eigenvalue weighted by atomic mass is 9.88. The number of hydrogen-bond acceptors (Lipinski definition) is 6. The van der Waals surface area contributed by atoms with Crippen LogP contribution in [0.2, 0.25) is 0 Å². The minimum Gasteiger partial charge on any atom is -0.366 e. The van der Waals surface area contributed by atoms with E-state index >= 15 is 0 Å². The first kappa shape index (κ1) is 21.8. The Morgan fingerprint density at radius 3 is 2.62 bits per heavy atom. The number of amides is 2. The Kier molecular flexibility index (Phi) is 5.42. The van der Waals surface area contributed by atoms with Crippen molar-refractivity contribution in [2.45, 2.75) is 32.9 Å². The summed E-state index contributed by atoms with van der Waals surface area (Å²) >= 11 is 0.885. The molecule has 2 amide bonds. The highest BCUT2D eigenvalue weighted by atomic mass is 32.2. The molecule has 0 aromatic heterocycles. The van der Waals surface area contributed by atoms with Gasteiger partial charge in [0.15, 0.2) is 0 Å². The first-order valence-corrected chi connectivity index (χ1v) is 10.9. The summed E-state index contributed by atoms with van der Waals surface area (Å²) in [5.74, 6) is -0.394. The number of allylic oxidation sites excluding steroid dienone is 1. The van der Waals surface area contributed by atoms with Gasteiger partial charge in [-0.25, -0.2) is 0 Å². The van der Waals surface area contributed by atoms with Crippen LogP contribution in [-0.4, -0.2) is 33.6 Å². The van der Waals surface area contributed by atoms with Crippen LogP contribution in [0, 0.1) is 10.1 Å². The number of nitro groups is 1. The molecular formula is C24H23N3O4S. The number of anilines is 1. The van der Waals surface area contributed by atoms with E-state index in [1.165, 1.54) is 12.1 Å². The van der Waals surface area contributed by atoms with Crippen molar-refractivity contribution in [3.8, 4) is 0 Å². The molecule has 0 aliphatic carbocycles. The maximum absolute atomic E-state index is 12.9. The van der Waals surface area contributed by atoms with Gasteiger partial charge in [-0.1, -0.05) is 24.3 Å². The molecule has 0 spiro atoms. The topological polar surface area (TPSA) is 83.8 Å². The lowest BCUT2D eigenvalue weighted by Crippen LogP contribution is -2.42. The third-order valence-corrected chi connectivity index (χ3v) is 6.78. The molecule has 2 aromatic carbocycles. The zero-order valence-corrected chi connectivity index (χ0v) is 19.1. The Morgan fingerprint density at radius 1 is 1.16 bits per heavy atom. The number of imide groups is 1. The van der Waals surface area contributed by atoms with E-state index in [1.54, 1.807) is 18.2 Å². The van der Waals surface area contributed by atoms with E-state index in [0.29, 0.717) is 10.5 Å².